The van der Waals surface area contributed by atoms with Crippen molar-refractivity contribution < 1.29 is 0 Å². The zero-order valence-electron chi connectivity index (χ0n) is 4.07. The molecule has 3 N–H and O–H groups in total. The molecule has 0 amide bonds. The highest BCUT2D eigenvalue weighted by molar-refractivity contribution is 5.56. The van der Waals surface area contributed by atoms with Crippen LogP contribution in [0.4, 0.5) is 0 Å². The molecule has 0 aliphatic rings. The largest absolute Gasteiger partial charge is 0.395 e. The predicted octanol–water partition coefficient (Wildman–Crippen LogP) is 0.654. The highest BCUT2D eigenvalue weighted by Gasteiger charge is 1.77. The van der Waals surface area contributed by atoms with Gasteiger partial charge in [0.15, 0.2) is 0 Å². The lowest BCUT2D eigenvalue weighted by molar-refractivity contribution is 1.23. The zero-order chi connectivity index (χ0) is 5.70. The monoisotopic (exact) mass is 96.1 g/mol. The smallest absolute Gasteiger partial charge is 0.0559 e. The van der Waals surface area contributed by atoms with E-state index in [0.717, 1.165) is 0 Å². The van der Waals surface area contributed by atoms with Crippen molar-refractivity contribution in [1.82, 2.24) is 0 Å². The summed E-state index contributed by atoms with van der Waals surface area (Å²) < 4.78 is 0. The molecule has 7 heavy (non-hydrogen) atoms. The van der Waals surface area contributed by atoms with Crippen molar-refractivity contribution in [2.24, 2.45) is 5.73 Å². The zero-order valence-corrected chi connectivity index (χ0v) is 4.07. The van der Waals surface area contributed by atoms with E-state index in [9.17, 15) is 0 Å². The lowest BCUT2D eigenvalue weighted by Crippen LogP contribution is -1.93. The first-order valence-electron chi connectivity index (χ1n) is 1.94. The Bertz CT molecular complexity index is 109. The lowest BCUT2D eigenvalue weighted by atomic mass is 10.4. The molecule has 0 aliphatic carbocycles. The number of nitrogens with one attached hydrogen (secondary N) is 1. The van der Waals surface area contributed by atoms with Crippen molar-refractivity contribution >= 4 is 6.21 Å². The molecule has 0 spiro atoms. The summed E-state index contributed by atoms with van der Waals surface area (Å²) in [6, 6.07) is 0. The van der Waals surface area contributed by atoms with Gasteiger partial charge in [0.2, 0.25) is 0 Å². The second-order valence-electron chi connectivity index (χ2n) is 1.11. The Balaban J connectivity index is 3.58. The van der Waals surface area contributed by atoms with Gasteiger partial charge in [-0.2, -0.15) is 0 Å². The van der Waals surface area contributed by atoms with E-state index in [0.29, 0.717) is 12.1 Å². The molecule has 0 fully saturated rings. The van der Waals surface area contributed by atoms with E-state index < -0.39 is 0 Å². The van der Waals surface area contributed by atoms with Gasteiger partial charge in [0, 0.05) is 12.6 Å². The highest BCUT2D eigenvalue weighted by Crippen LogP contribution is 1.80. The van der Waals surface area contributed by atoms with Crippen LogP contribution < -0.4 is 5.73 Å². The molecule has 0 aromatic rings. The Kier molecular flexibility index (Phi) is 2.73. The average Bonchev–Trinajstić information content (AvgIpc) is 1.68. The molecule has 2 nitrogen and oxygen atoms in total. The van der Waals surface area contributed by atoms with Crippen LogP contribution in [-0.4, -0.2) is 6.21 Å². The van der Waals surface area contributed by atoms with Gasteiger partial charge in [-0.3, -0.25) is 0 Å². The fraction of sp³-hybridized carbons (Fsp3) is 0.200. The predicted molar refractivity (Wildman–Crippen MR) is 30.2 cm³/mol. The van der Waals surface area contributed by atoms with Crippen LogP contribution in [0, 0.1) is 5.41 Å². The third kappa shape index (κ3) is 2.80. The van der Waals surface area contributed by atoms with Gasteiger partial charge in [-0.05, 0) is 0 Å². The van der Waals surface area contributed by atoms with Crippen LogP contribution in [0.15, 0.2) is 18.0 Å². The third-order valence-electron chi connectivity index (χ3n) is 0.549. The summed E-state index contributed by atoms with van der Waals surface area (Å²) in [6.07, 6.45) is 1.68. The minimum Gasteiger partial charge on any atom is -0.395 e. The van der Waals surface area contributed by atoms with E-state index in [4.69, 9.17) is 11.1 Å². The van der Waals surface area contributed by atoms with Crippen molar-refractivity contribution in [2.45, 2.75) is 6.42 Å². The molecule has 0 saturated carbocycles. The van der Waals surface area contributed by atoms with Crippen molar-refractivity contribution in [1.29, 1.82) is 5.41 Å². The van der Waals surface area contributed by atoms with Gasteiger partial charge < -0.3 is 11.1 Å². The van der Waals surface area contributed by atoms with E-state index in [1.54, 1.807) is 0 Å². The van der Waals surface area contributed by atoms with Crippen molar-refractivity contribution in [3.05, 3.63) is 18.0 Å². The molecule has 0 rings (SSSR count). The van der Waals surface area contributed by atoms with Crippen LogP contribution in [0.5, 0.6) is 0 Å². The molecule has 0 aromatic heterocycles. The molecule has 0 radical (unpaired) electrons. The summed E-state index contributed by atoms with van der Waals surface area (Å²) in [7, 11) is 0. The number of allylic oxidation sites excluding steroid dienone is 1. The van der Waals surface area contributed by atoms with Crippen LogP contribution in [0.3, 0.4) is 0 Å². The summed E-state index contributed by atoms with van der Waals surface area (Å²) in [5, 5.41) is 6.54. The van der Waals surface area contributed by atoms with E-state index in [1.807, 2.05) is 0 Å². The number of rotatable bonds is 2. The van der Waals surface area contributed by atoms with Crippen molar-refractivity contribution in [2.75, 3.05) is 0 Å². The van der Waals surface area contributed by atoms with E-state index in [-0.39, 0.29) is 0 Å². The Morgan fingerprint density at radius 2 is 2.57 bits per heavy atom. The molecule has 0 aromatic carbocycles. The summed E-state index contributed by atoms with van der Waals surface area (Å²) in [4.78, 5) is 0. The first-order chi connectivity index (χ1) is 3.31. The second kappa shape index (κ2) is 3.19. The first-order valence-corrected chi connectivity index (χ1v) is 1.94. The standard InChI is InChI=1S/C5H8N2/c1-2-5(7)3-4-6/h4,6H,1,3,7H2. The highest BCUT2D eigenvalue weighted by atomic mass is 14.6. The summed E-state index contributed by atoms with van der Waals surface area (Å²) in [6.45, 7) is 3.29. The van der Waals surface area contributed by atoms with Gasteiger partial charge in [-0.1, -0.05) is 6.58 Å². The molecule has 0 unspecified atom stereocenters. The van der Waals surface area contributed by atoms with Crippen molar-refractivity contribution in [3.8, 4) is 0 Å². The molecular weight excluding hydrogens is 88.1 g/mol. The number of nitrogens with two attached hydrogens (primary N) is 1. The summed E-state index contributed by atoms with van der Waals surface area (Å²) in [5.74, 6) is 0. The van der Waals surface area contributed by atoms with Gasteiger partial charge in [0.05, 0.1) is 5.70 Å². The van der Waals surface area contributed by atoms with Gasteiger partial charge in [-0.25, -0.2) is 0 Å². The molecular formula is C5H8N2. The molecule has 0 saturated heterocycles. The van der Waals surface area contributed by atoms with Crippen LogP contribution in [-0.2, 0) is 0 Å². The van der Waals surface area contributed by atoms with Gasteiger partial charge >= 0.3 is 0 Å². The maximum atomic E-state index is 6.54. The third-order valence-corrected chi connectivity index (χ3v) is 0.549. The Morgan fingerprint density at radius 3 is 2.71 bits per heavy atom. The molecule has 2 heteroatoms. The maximum Gasteiger partial charge on any atom is 0.0559 e. The SMILES string of the molecule is C=C=C(N)CC=N. The Labute approximate surface area is 42.8 Å². The van der Waals surface area contributed by atoms with Crippen LogP contribution >= 0.6 is 0 Å². The molecule has 38 valence electrons. The van der Waals surface area contributed by atoms with Crippen molar-refractivity contribution in [3.63, 3.8) is 0 Å². The lowest BCUT2D eigenvalue weighted by Gasteiger charge is -1.83. The molecule has 0 atom stereocenters. The topological polar surface area (TPSA) is 49.9 Å². The number of hydrogen-bond acceptors (Lipinski definition) is 2. The maximum absolute atomic E-state index is 6.54. The average molecular weight is 96.1 g/mol. The Morgan fingerprint density at radius 1 is 2.00 bits per heavy atom. The van der Waals surface area contributed by atoms with E-state index in [1.165, 1.54) is 6.21 Å². The van der Waals surface area contributed by atoms with Crippen LogP contribution in [0.1, 0.15) is 6.42 Å². The van der Waals surface area contributed by atoms with Gasteiger partial charge in [-0.15, -0.1) is 5.73 Å². The fourth-order valence-corrected chi connectivity index (χ4v) is 0.182. The minimum atomic E-state index is 0.462. The molecule has 0 heterocycles. The summed E-state index contributed by atoms with van der Waals surface area (Å²) >= 11 is 0. The molecule has 0 bridgehead atoms. The second-order valence-corrected chi connectivity index (χ2v) is 1.11. The summed E-state index contributed by atoms with van der Waals surface area (Å²) in [5.41, 5.74) is 8.16. The van der Waals surface area contributed by atoms with Crippen LogP contribution in [0.2, 0.25) is 0 Å². The Hall–Kier alpha value is -1.01. The normalized spacial score (nSPS) is 6.86. The van der Waals surface area contributed by atoms with Gasteiger partial charge in [0.1, 0.15) is 0 Å². The van der Waals surface area contributed by atoms with Crippen LogP contribution in [0.25, 0.3) is 0 Å². The van der Waals surface area contributed by atoms with E-state index in [2.05, 4.69) is 12.3 Å². The minimum absolute atomic E-state index is 0.462. The fourth-order valence-electron chi connectivity index (χ4n) is 0.182. The molecule has 0 aliphatic heterocycles. The quantitative estimate of drug-likeness (QED) is 0.385. The van der Waals surface area contributed by atoms with E-state index >= 15 is 0 Å². The van der Waals surface area contributed by atoms with Gasteiger partial charge in [0.25, 0.3) is 0 Å². The number of hydrogen-bond donors (Lipinski definition) is 2. The first kappa shape index (κ1) is 5.99.